The molecule has 2 amide bonds. The number of pyridine rings is 1. The molecule has 3 rings (SSSR count). The topological polar surface area (TPSA) is 140 Å². The molecule has 1 unspecified atom stereocenters. The van der Waals surface area contributed by atoms with E-state index in [2.05, 4.69) is 10.3 Å². The molecule has 164 valence electrons. The smallest absolute Gasteiger partial charge is 0.271 e. The van der Waals surface area contributed by atoms with Crippen molar-refractivity contribution in [1.29, 1.82) is 0 Å². The van der Waals surface area contributed by atoms with Gasteiger partial charge in [0.2, 0.25) is 5.91 Å². The Morgan fingerprint density at radius 2 is 2.03 bits per heavy atom. The molecule has 12 heteroatoms. The second kappa shape index (κ2) is 8.98. The minimum absolute atomic E-state index is 0.0924. The number of carbonyl (C=O) groups is 2. The monoisotopic (exact) mass is 466 g/mol. The minimum atomic E-state index is -3.76. The van der Waals surface area contributed by atoms with E-state index in [1.807, 2.05) is 0 Å². The van der Waals surface area contributed by atoms with E-state index in [-0.39, 0.29) is 22.9 Å². The number of likely N-dealkylation sites (tertiary alicyclic amines) is 1. The SMILES string of the molecule is CS(=O)(=O)c1cc(C(=O)N2CCCC(C(=O)Nc3ccc(Cl)cn3)C2)cc([N+](=O)[O-])c1. The second-order valence-electron chi connectivity index (χ2n) is 7.19. The highest BCUT2D eigenvalue weighted by atomic mass is 35.5. The van der Waals surface area contributed by atoms with Crippen LogP contribution in [0.25, 0.3) is 0 Å². The first-order valence-electron chi connectivity index (χ1n) is 9.26. The maximum Gasteiger partial charge on any atom is 0.271 e. The van der Waals surface area contributed by atoms with Crippen LogP contribution < -0.4 is 5.32 Å². The van der Waals surface area contributed by atoms with Gasteiger partial charge >= 0.3 is 0 Å². The Morgan fingerprint density at radius 1 is 1.29 bits per heavy atom. The number of benzene rings is 1. The molecule has 1 atom stereocenters. The van der Waals surface area contributed by atoms with Crippen molar-refractivity contribution in [3.05, 3.63) is 57.2 Å². The van der Waals surface area contributed by atoms with Gasteiger partial charge in [-0.15, -0.1) is 0 Å². The van der Waals surface area contributed by atoms with E-state index in [1.54, 1.807) is 12.1 Å². The molecule has 0 bridgehead atoms. The van der Waals surface area contributed by atoms with Crippen molar-refractivity contribution in [1.82, 2.24) is 9.88 Å². The molecular weight excluding hydrogens is 448 g/mol. The van der Waals surface area contributed by atoms with E-state index in [0.29, 0.717) is 30.2 Å². The fourth-order valence-corrected chi connectivity index (χ4v) is 4.05. The van der Waals surface area contributed by atoms with Gasteiger partial charge in [-0.1, -0.05) is 11.6 Å². The Hall–Kier alpha value is -3.05. The number of nitro groups is 1. The average Bonchev–Trinajstić information content (AvgIpc) is 2.74. The van der Waals surface area contributed by atoms with Crippen molar-refractivity contribution < 1.29 is 22.9 Å². The third-order valence-corrected chi connectivity index (χ3v) is 6.15. The summed E-state index contributed by atoms with van der Waals surface area (Å²) in [5, 5.41) is 14.3. The minimum Gasteiger partial charge on any atom is -0.338 e. The molecule has 1 aromatic carbocycles. The Bertz CT molecular complexity index is 1140. The van der Waals surface area contributed by atoms with Crippen LogP contribution in [-0.4, -0.2) is 54.4 Å². The first kappa shape index (κ1) is 22.6. The predicted molar refractivity (Wildman–Crippen MR) is 113 cm³/mol. The molecule has 1 aromatic heterocycles. The predicted octanol–water partition coefficient (Wildman–Crippen LogP) is 2.54. The molecule has 1 aliphatic heterocycles. The highest BCUT2D eigenvalue weighted by molar-refractivity contribution is 7.90. The first-order chi connectivity index (χ1) is 14.5. The normalized spacial score (nSPS) is 16.6. The maximum absolute atomic E-state index is 13.0. The van der Waals surface area contributed by atoms with Gasteiger partial charge < -0.3 is 10.2 Å². The van der Waals surface area contributed by atoms with Gasteiger partial charge in [0.15, 0.2) is 9.84 Å². The van der Waals surface area contributed by atoms with Crippen molar-refractivity contribution in [3.63, 3.8) is 0 Å². The standard InChI is InChI=1S/C19H19ClN4O6S/c1-31(29,30)16-8-13(7-15(9-16)24(27)28)19(26)23-6-2-3-12(11-23)18(25)22-17-5-4-14(20)10-21-17/h4-5,7-10,12H,2-3,6,11H2,1H3,(H,21,22,25). The summed E-state index contributed by atoms with van der Waals surface area (Å²) < 4.78 is 23.8. The number of nitrogens with one attached hydrogen (secondary N) is 1. The summed E-state index contributed by atoms with van der Waals surface area (Å²) in [4.78, 5) is 41.1. The van der Waals surface area contributed by atoms with Crippen LogP contribution in [-0.2, 0) is 14.6 Å². The van der Waals surface area contributed by atoms with Crippen molar-refractivity contribution in [2.45, 2.75) is 17.7 Å². The van der Waals surface area contributed by atoms with Crippen LogP contribution in [0.1, 0.15) is 23.2 Å². The second-order valence-corrected chi connectivity index (χ2v) is 9.64. The lowest BCUT2D eigenvalue weighted by atomic mass is 9.96. The van der Waals surface area contributed by atoms with E-state index < -0.39 is 32.3 Å². The fourth-order valence-electron chi connectivity index (χ4n) is 3.26. The molecule has 31 heavy (non-hydrogen) atoms. The van der Waals surface area contributed by atoms with Crippen LogP contribution in [0.5, 0.6) is 0 Å². The number of halogens is 1. The summed E-state index contributed by atoms with van der Waals surface area (Å²) in [7, 11) is -3.76. The molecule has 1 aliphatic rings. The quantitative estimate of drug-likeness (QED) is 0.527. The lowest BCUT2D eigenvalue weighted by Crippen LogP contribution is -2.43. The third kappa shape index (κ3) is 5.56. The van der Waals surface area contributed by atoms with Crippen LogP contribution in [0.15, 0.2) is 41.4 Å². The molecule has 1 saturated heterocycles. The molecule has 0 aliphatic carbocycles. The summed E-state index contributed by atoms with van der Waals surface area (Å²) in [6, 6.07) is 6.21. The largest absolute Gasteiger partial charge is 0.338 e. The van der Waals surface area contributed by atoms with Gasteiger partial charge in [-0.3, -0.25) is 19.7 Å². The number of nitrogens with zero attached hydrogens (tertiary/aromatic N) is 3. The Morgan fingerprint density at radius 3 is 2.65 bits per heavy atom. The van der Waals surface area contributed by atoms with Crippen molar-refractivity contribution in [2.75, 3.05) is 24.7 Å². The van der Waals surface area contributed by atoms with Crippen molar-refractivity contribution in [3.8, 4) is 0 Å². The lowest BCUT2D eigenvalue weighted by molar-refractivity contribution is -0.385. The van der Waals surface area contributed by atoms with Crippen LogP contribution in [0.3, 0.4) is 0 Å². The highest BCUT2D eigenvalue weighted by Crippen LogP contribution is 2.25. The fraction of sp³-hybridized carbons (Fsp3) is 0.316. The van der Waals surface area contributed by atoms with Gasteiger partial charge in [-0.25, -0.2) is 13.4 Å². The average molecular weight is 467 g/mol. The zero-order valence-electron chi connectivity index (χ0n) is 16.4. The van der Waals surface area contributed by atoms with Crippen molar-refractivity contribution in [2.24, 2.45) is 5.92 Å². The number of rotatable bonds is 5. The first-order valence-corrected chi connectivity index (χ1v) is 11.5. The molecular formula is C19H19ClN4O6S. The molecule has 2 aromatic rings. The Kier molecular flexibility index (Phi) is 6.56. The molecule has 2 heterocycles. The number of non-ortho nitro benzene ring substituents is 1. The van der Waals surface area contributed by atoms with E-state index in [0.717, 1.165) is 24.5 Å². The van der Waals surface area contributed by atoms with Crippen molar-refractivity contribution >= 4 is 44.8 Å². The zero-order chi connectivity index (χ0) is 22.8. The molecule has 1 N–H and O–H groups in total. The van der Waals surface area contributed by atoms with Crippen LogP contribution in [0, 0.1) is 16.0 Å². The summed E-state index contributed by atoms with van der Waals surface area (Å²) in [6.45, 7) is 0.438. The number of nitro benzene ring substituents is 1. The number of aromatic nitrogens is 1. The number of piperidine rings is 1. The van der Waals surface area contributed by atoms with E-state index in [1.165, 1.54) is 11.1 Å². The number of hydrogen-bond acceptors (Lipinski definition) is 7. The third-order valence-electron chi connectivity index (χ3n) is 4.84. The molecule has 10 nitrogen and oxygen atoms in total. The summed E-state index contributed by atoms with van der Waals surface area (Å²) in [6.07, 6.45) is 3.40. The molecule has 1 fully saturated rings. The van der Waals surface area contributed by atoms with Gasteiger partial charge in [0.25, 0.3) is 11.6 Å². The van der Waals surface area contributed by atoms with E-state index >= 15 is 0 Å². The zero-order valence-corrected chi connectivity index (χ0v) is 18.0. The Balaban J connectivity index is 1.79. The van der Waals surface area contributed by atoms with Crippen LogP contribution >= 0.6 is 11.6 Å². The molecule has 0 saturated carbocycles. The van der Waals surface area contributed by atoms with Gasteiger partial charge in [0.1, 0.15) is 5.82 Å². The van der Waals surface area contributed by atoms with E-state index in [9.17, 15) is 28.1 Å². The number of hydrogen-bond donors (Lipinski definition) is 1. The highest BCUT2D eigenvalue weighted by Gasteiger charge is 2.30. The number of amides is 2. The molecule has 0 spiro atoms. The summed E-state index contributed by atoms with van der Waals surface area (Å²) in [5.41, 5.74) is -0.610. The molecule has 0 radical (unpaired) electrons. The van der Waals surface area contributed by atoms with Gasteiger partial charge in [0.05, 0.1) is 20.8 Å². The van der Waals surface area contributed by atoms with Gasteiger partial charge in [0, 0.05) is 43.2 Å². The van der Waals surface area contributed by atoms with Gasteiger partial charge in [-0.05, 0) is 31.0 Å². The van der Waals surface area contributed by atoms with Crippen LogP contribution in [0.2, 0.25) is 5.02 Å². The maximum atomic E-state index is 13.0. The van der Waals surface area contributed by atoms with E-state index in [4.69, 9.17) is 11.6 Å². The summed E-state index contributed by atoms with van der Waals surface area (Å²) in [5.74, 6) is -1.07. The Labute approximate surface area is 183 Å². The van der Waals surface area contributed by atoms with Gasteiger partial charge in [-0.2, -0.15) is 0 Å². The lowest BCUT2D eigenvalue weighted by Gasteiger charge is -2.32. The number of sulfone groups is 1. The number of anilines is 1. The summed E-state index contributed by atoms with van der Waals surface area (Å²) >= 11 is 5.78. The van der Waals surface area contributed by atoms with Crippen LogP contribution in [0.4, 0.5) is 11.5 Å². The number of carbonyl (C=O) groups excluding carboxylic acids is 2.